The Bertz CT molecular complexity index is 360. The summed E-state index contributed by atoms with van der Waals surface area (Å²) in [4.78, 5) is 2.54. The van der Waals surface area contributed by atoms with Crippen molar-refractivity contribution in [3.05, 3.63) is 30.3 Å². The Kier molecular flexibility index (Phi) is 4.87. The molecule has 0 aliphatic carbocycles. The molecule has 2 atom stereocenters. The van der Waals surface area contributed by atoms with E-state index in [1.807, 2.05) is 0 Å². The third-order valence-corrected chi connectivity index (χ3v) is 3.86. The Morgan fingerprint density at radius 2 is 2.06 bits per heavy atom. The van der Waals surface area contributed by atoms with Gasteiger partial charge in [0.05, 0.1) is 13.2 Å². The number of nitrogens with one attached hydrogen (secondary N) is 1. The summed E-state index contributed by atoms with van der Waals surface area (Å²) in [6.45, 7) is 4.99. The minimum absolute atomic E-state index is 0. The number of ether oxygens (including phenoxy) is 1. The first-order valence-electron chi connectivity index (χ1n) is 6.55. The predicted molar refractivity (Wildman–Crippen MR) is 76.6 cm³/mol. The molecule has 3 nitrogen and oxygen atoms in total. The van der Waals surface area contributed by atoms with Gasteiger partial charge >= 0.3 is 0 Å². The van der Waals surface area contributed by atoms with E-state index in [0.29, 0.717) is 12.0 Å². The van der Waals surface area contributed by atoms with Gasteiger partial charge in [0.2, 0.25) is 0 Å². The summed E-state index contributed by atoms with van der Waals surface area (Å²) in [5, 5.41) is 3.48. The molecule has 2 fully saturated rings. The molecular weight excluding hydrogens is 248 g/mol. The summed E-state index contributed by atoms with van der Waals surface area (Å²) >= 11 is 0. The van der Waals surface area contributed by atoms with E-state index >= 15 is 0 Å². The summed E-state index contributed by atoms with van der Waals surface area (Å²) in [5.41, 5.74) is 1.34. The van der Waals surface area contributed by atoms with Gasteiger partial charge < -0.3 is 15.0 Å². The largest absolute Gasteiger partial charge is 0.379 e. The lowest BCUT2D eigenvalue weighted by Gasteiger charge is -2.39. The molecule has 0 radical (unpaired) electrons. The molecule has 0 spiro atoms. The number of rotatable bonds is 1. The highest BCUT2D eigenvalue weighted by molar-refractivity contribution is 5.85. The normalized spacial score (nSPS) is 27.9. The van der Waals surface area contributed by atoms with E-state index in [1.165, 1.54) is 12.1 Å². The zero-order valence-electron chi connectivity index (χ0n) is 10.5. The highest BCUT2D eigenvalue weighted by atomic mass is 35.5. The summed E-state index contributed by atoms with van der Waals surface area (Å²) in [6.07, 6.45) is 1.23. The van der Waals surface area contributed by atoms with Crippen LogP contribution in [0.15, 0.2) is 30.3 Å². The van der Waals surface area contributed by atoms with E-state index in [1.54, 1.807) is 0 Å². The quantitative estimate of drug-likeness (QED) is 0.842. The number of hydrogen-bond acceptors (Lipinski definition) is 3. The SMILES string of the molecule is Cl.c1ccc(N2CCOC[C@H]3CNCC[C@@H]32)cc1. The third-order valence-electron chi connectivity index (χ3n) is 3.86. The molecule has 0 aromatic heterocycles. The van der Waals surface area contributed by atoms with E-state index in [4.69, 9.17) is 4.74 Å². The summed E-state index contributed by atoms with van der Waals surface area (Å²) < 4.78 is 5.73. The number of hydrogen-bond donors (Lipinski definition) is 1. The highest BCUT2D eigenvalue weighted by Crippen LogP contribution is 2.26. The highest BCUT2D eigenvalue weighted by Gasteiger charge is 2.32. The fraction of sp³-hybridized carbons (Fsp3) is 0.571. The molecule has 0 unspecified atom stereocenters. The van der Waals surface area contributed by atoms with Crippen molar-refractivity contribution >= 4 is 18.1 Å². The molecule has 2 aliphatic rings. The lowest BCUT2D eigenvalue weighted by atomic mass is 9.92. The van der Waals surface area contributed by atoms with E-state index in [-0.39, 0.29) is 12.4 Å². The van der Waals surface area contributed by atoms with Crippen molar-refractivity contribution in [2.75, 3.05) is 37.7 Å². The standard InChI is InChI=1S/C14H20N2O.ClH/c1-2-4-13(5-3-1)16-8-9-17-11-12-10-15-7-6-14(12)16;/h1-5,12,14-15H,6-11H2;1H/t12-,14+;/m1./s1. The van der Waals surface area contributed by atoms with Crippen LogP contribution in [0.25, 0.3) is 0 Å². The number of fused-ring (bicyclic) bond motifs is 1. The second-order valence-electron chi connectivity index (χ2n) is 4.92. The first-order valence-corrected chi connectivity index (χ1v) is 6.55. The molecule has 1 aromatic rings. The maximum atomic E-state index is 5.73. The molecule has 2 saturated heterocycles. The number of nitrogens with zero attached hydrogens (tertiary/aromatic N) is 1. The van der Waals surface area contributed by atoms with Gasteiger partial charge in [0, 0.05) is 30.7 Å². The molecule has 100 valence electrons. The second-order valence-corrected chi connectivity index (χ2v) is 4.92. The minimum Gasteiger partial charge on any atom is -0.379 e. The van der Waals surface area contributed by atoms with Crippen LogP contribution in [0.2, 0.25) is 0 Å². The van der Waals surface area contributed by atoms with E-state index in [9.17, 15) is 0 Å². The van der Waals surface area contributed by atoms with Gasteiger partial charge in [0.1, 0.15) is 0 Å². The van der Waals surface area contributed by atoms with Crippen LogP contribution in [-0.2, 0) is 4.74 Å². The van der Waals surface area contributed by atoms with Crippen molar-refractivity contribution in [3.8, 4) is 0 Å². The Labute approximate surface area is 115 Å². The van der Waals surface area contributed by atoms with Crippen molar-refractivity contribution in [2.24, 2.45) is 5.92 Å². The van der Waals surface area contributed by atoms with Gasteiger partial charge in [-0.05, 0) is 25.1 Å². The average Bonchev–Trinajstić information content (AvgIpc) is 2.62. The van der Waals surface area contributed by atoms with Crippen molar-refractivity contribution in [2.45, 2.75) is 12.5 Å². The van der Waals surface area contributed by atoms with Crippen molar-refractivity contribution in [3.63, 3.8) is 0 Å². The molecule has 3 rings (SSSR count). The molecule has 4 heteroatoms. The number of anilines is 1. The maximum absolute atomic E-state index is 5.73. The van der Waals surface area contributed by atoms with Crippen LogP contribution in [-0.4, -0.2) is 38.9 Å². The summed E-state index contributed by atoms with van der Waals surface area (Å²) in [5.74, 6) is 0.631. The van der Waals surface area contributed by atoms with Crippen molar-refractivity contribution in [1.29, 1.82) is 0 Å². The average molecular weight is 269 g/mol. The Hall–Kier alpha value is -0.770. The van der Waals surface area contributed by atoms with Crippen LogP contribution >= 0.6 is 12.4 Å². The fourth-order valence-corrected chi connectivity index (χ4v) is 2.99. The van der Waals surface area contributed by atoms with E-state index in [0.717, 1.165) is 32.8 Å². The van der Waals surface area contributed by atoms with Crippen LogP contribution in [0.5, 0.6) is 0 Å². The molecule has 1 N–H and O–H groups in total. The molecular formula is C14H21ClN2O. The van der Waals surface area contributed by atoms with Gasteiger partial charge in [0.15, 0.2) is 0 Å². The van der Waals surface area contributed by atoms with E-state index in [2.05, 4.69) is 40.5 Å². The third kappa shape index (κ3) is 2.79. The molecule has 2 heterocycles. The van der Waals surface area contributed by atoms with Gasteiger partial charge in [0.25, 0.3) is 0 Å². The van der Waals surface area contributed by atoms with Crippen LogP contribution in [0.4, 0.5) is 5.69 Å². The van der Waals surface area contributed by atoms with Gasteiger partial charge in [-0.1, -0.05) is 18.2 Å². The lowest BCUT2D eigenvalue weighted by molar-refractivity contribution is 0.109. The van der Waals surface area contributed by atoms with Gasteiger partial charge in [-0.3, -0.25) is 0 Å². The molecule has 0 saturated carbocycles. The molecule has 2 aliphatic heterocycles. The van der Waals surface area contributed by atoms with Crippen molar-refractivity contribution in [1.82, 2.24) is 5.32 Å². The van der Waals surface area contributed by atoms with Crippen LogP contribution in [0.1, 0.15) is 6.42 Å². The van der Waals surface area contributed by atoms with Crippen LogP contribution in [0, 0.1) is 5.92 Å². The molecule has 1 aromatic carbocycles. The topological polar surface area (TPSA) is 24.5 Å². The number of piperidine rings is 1. The number of benzene rings is 1. The zero-order valence-corrected chi connectivity index (χ0v) is 11.4. The first kappa shape index (κ1) is 13.7. The van der Waals surface area contributed by atoms with Crippen LogP contribution < -0.4 is 10.2 Å². The predicted octanol–water partition coefficient (Wildman–Crippen LogP) is 1.92. The first-order chi connectivity index (χ1) is 8.45. The van der Waals surface area contributed by atoms with Crippen molar-refractivity contribution < 1.29 is 4.74 Å². The fourth-order valence-electron chi connectivity index (χ4n) is 2.99. The monoisotopic (exact) mass is 268 g/mol. The Morgan fingerprint density at radius 3 is 2.89 bits per heavy atom. The smallest absolute Gasteiger partial charge is 0.0641 e. The zero-order chi connectivity index (χ0) is 11.5. The number of halogens is 1. The van der Waals surface area contributed by atoms with Gasteiger partial charge in [-0.2, -0.15) is 0 Å². The van der Waals surface area contributed by atoms with Crippen LogP contribution in [0.3, 0.4) is 0 Å². The molecule has 18 heavy (non-hydrogen) atoms. The Balaban J connectivity index is 0.00000120. The second kappa shape index (κ2) is 6.41. The maximum Gasteiger partial charge on any atom is 0.0641 e. The van der Waals surface area contributed by atoms with Gasteiger partial charge in [-0.15, -0.1) is 12.4 Å². The Morgan fingerprint density at radius 1 is 1.22 bits per heavy atom. The lowest BCUT2D eigenvalue weighted by Crippen LogP contribution is -2.50. The molecule has 0 amide bonds. The van der Waals surface area contributed by atoms with E-state index < -0.39 is 0 Å². The molecule has 0 bridgehead atoms. The van der Waals surface area contributed by atoms with Gasteiger partial charge in [-0.25, -0.2) is 0 Å². The number of para-hydroxylation sites is 1. The summed E-state index contributed by atoms with van der Waals surface area (Å²) in [6, 6.07) is 11.4. The minimum atomic E-state index is 0. The summed E-state index contributed by atoms with van der Waals surface area (Å²) in [7, 11) is 0.